The van der Waals surface area contributed by atoms with Gasteiger partial charge in [0.05, 0.1) is 75.1 Å². The second-order valence-corrected chi connectivity index (χ2v) is 16.7. The summed E-state index contributed by atoms with van der Waals surface area (Å²) in [5, 5.41) is -0.0742. The van der Waals surface area contributed by atoms with Gasteiger partial charge in [-0.3, -0.25) is 0 Å². The molecule has 0 bridgehead atoms. The number of hydrogen-bond donors (Lipinski definition) is 0. The van der Waals surface area contributed by atoms with Crippen molar-refractivity contribution >= 4 is 50.1 Å². The Morgan fingerprint density at radius 1 is 0.536 bits per heavy atom. The number of methoxy groups -OCH3 is 2. The number of ether oxygens (including phenoxy) is 2. The third-order valence-corrected chi connectivity index (χ3v) is 11.1. The van der Waals surface area contributed by atoms with E-state index in [2.05, 4.69) is 9.47 Å². The second-order valence-electron chi connectivity index (χ2n) is 16.3. The Morgan fingerprint density at radius 2 is 0.839 bits per heavy atom. The van der Waals surface area contributed by atoms with Crippen LogP contribution in [0, 0.1) is 0 Å². The smallest absolute Gasteiger partial charge is 0.465 e. The van der Waals surface area contributed by atoms with Gasteiger partial charge in [-0.1, -0.05) is 23.7 Å². The highest BCUT2D eigenvalue weighted by Crippen LogP contribution is 2.43. The van der Waals surface area contributed by atoms with Crippen LogP contribution in [0.4, 0.5) is 26.3 Å². The fraction of sp³-hybridized carbons (Fsp3) is 0.611. The Bertz CT molecular complexity index is 1680. The van der Waals surface area contributed by atoms with Gasteiger partial charge in [0.25, 0.3) is 0 Å². The zero-order valence-electron chi connectivity index (χ0n) is 33.9. The number of alkyl halides is 6. The standard InChI is InChI=1S/C15H18BF3O4.C12H24B2O4.C9H6ClF3O2/c1-13(2)14(3,4)23-16(22-13)11-7-6-9(15(17,18)19)8-10(11)12(20)21-5;1-9(2)10(3,4)16-13(15-9)14-17-11(5,6)12(7,8)18-14;1-15-8(14)6-4-5(9(11,12)13)2-3-7(6)10/h6-8H,1-5H3;1-8H3;2-4H,1H3. The minimum absolute atomic E-state index is 0.0742. The highest BCUT2D eigenvalue weighted by Gasteiger charge is 2.63. The Hall–Kier alpha value is -2.80. The Balaban J connectivity index is 0.000000231. The van der Waals surface area contributed by atoms with Crippen LogP contribution in [-0.4, -0.2) is 80.9 Å². The average Bonchev–Trinajstić information content (AvgIpc) is 3.52. The highest BCUT2D eigenvalue weighted by molar-refractivity contribution is 7.11. The molecule has 3 heterocycles. The van der Waals surface area contributed by atoms with Gasteiger partial charge in [0.1, 0.15) is 0 Å². The molecular weight excluding hydrogens is 774 g/mol. The summed E-state index contributed by atoms with van der Waals surface area (Å²) in [6.07, 6.45) is -9.06. The highest BCUT2D eigenvalue weighted by atomic mass is 35.5. The molecule has 310 valence electrons. The molecule has 0 radical (unpaired) electrons. The number of carbonyl (C=O) groups is 2. The minimum Gasteiger partial charge on any atom is -0.465 e. The molecule has 3 aliphatic heterocycles. The molecule has 2 aromatic carbocycles. The van der Waals surface area contributed by atoms with Gasteiger partial charge in [0.15, 0.2) is 0 Å². The molecule has 0 aromatic heterocycles. The summed E-state index contributed by atoms with van der Waals surface area (Å²) in [6, 6.07) is 5.32. The van der Waals surface area contributed by atoms with Crippen molar-refractivity contribution in [3.63, 3.8) is 0 Å². The number of rotatable bonds is 4. The molecule has 5 rings (SSSR count). The van der Waals surface area contributed by atoms with E-state index in [1.165, 1.54) is 6.07 Å². The van der Waals surface area contributed by atoms with Gasteiger partial charge in [-0.15, -0.1) is 0 Å². The predicted octanol–water partition coefficient (Wildman–Crippen LogP) is 8.19. The molecule has 3 fully saturated rings. The Morgan fingerprint density at radius 3 is 1.18 bits per heavy atom. The quantitative estimate of drug-likeness (QED) is 0.170. The van der Waals surface area contributed by atoms with Crippen LogP contribution in [0.3, 0.4) is 0 Å². The van der Waals surface area contributed by atoms with Gasteiger partial charge >= 0.3 is 45.4 Å². The van der Waals surface area contributed by atoms with Crippen molar-refractivity contribution < 1.29 is 73.3 Å². The lowest BCUT2D eigenvalue weighted by molar-refractivity contribution is -0.138. The largest absolute Gasteiger partial charge is 0.495 e. The van der Waals surface area contributed by atoms with Crippen LogP contribution in [0.1, 0.15) is 115 Å². The summed E-state index contributed by atoms with van der Waals surface area (Å²) in [5.74, 6) is -1.77. The lowest BCUT2D eigenvalue weighted by Crippen LogP contribution is -2.41. The van der Waals surface area contributed by atoms with Crippen molar-refractivity contribution in [3.8, 4) is 0 Å². The van der Waals surface area contributed by atoms with Crippen molar-refractivity contribution in [1.82, 2.24) is 0 Å². The van der Waals surface area contributed by atoms with Crippen LogP contribution in [0.15, 0.2) is 36.4 Å². The van der Waals surface area contributed by atoms with E-state index in [9.17, 15) is 35.9 Å². The monoisotopic (exact) mass is 822 g/mol. The molecule has 20 heteroatoms. The van der Waals surface area contributed by atoms with E-state index in [4.69, 9.17) is 39.5 Å². The van der Waals surface area contributed by atoms with Crippen LogP contribution in [-0.2, 0) is 49.8 Å². The molecule has 0 N–H and O–H groups in total. The number of esters is 2. The molecule has 2 aromatic rings. The van der Waals surface area contributed by atoms with Crippen LogP contribution in [0.2, 0.25) is 5.02 Å². The van der Waals surface area contributed by atoms with Gasteiger partial charge in [0.2, 0.25) is 0 Å². The molecule has 0 unspecified atom stereocenters. The zero-order valence-corrected chi connectivity index (χ0v) is 34.7. The maximum absolute atomic E-state index is 12.9. The normalized spacial score (nSPS) is 21.4. The van der Waals surface area contributed by atoms with E-state index >= 15 is 0 Å². The molecule has 0 saturated carbocycles. The van der Waals surface area contributed by atoms with Gasteiger partial charge in [-0.05, 0) is 113 Å². The number of hydrogen-bond acceptors (Lipinski definition) is 10. The number of benzene rings is 2. The first-order chi connectivity index (χ1) is 25.1. The number of halogens is 7. The zero-order chi connectivity index (χ0) is 43.3. The summed E-state index contributed by atoms with van der Waals surface area (Å²) in [6.45, 7) is 23.5. The lowest BCUT2D eigenvalue weighted by atomic mass is 9.49. The summed E-state index contributed by atoms with van der Waals surface area (Å²) in [7, 11) is 0.277. The molecular formula is C36H48B3ClF6O10. The molecule has 0 aliphatic carbocycles. The van der Waals surface area contributed by atoms with Crippen molar-refractivity contribution in [3.05, 3.63) is 63.7 Å². The van der Waals surface area contributed by atoms with Gasteiger partial charge in [-0.25, -0.2) is 9.59 Å². The maximum Gasteiger partial charge on any atom is 0.495 e. The molecule has 3 saturated heterocycles. The average molecular weight is 823 g/mol. The molecule has 3 aliphatic rings. The van der Waals surface area contributed by atoms with Crippen LogP contribution >= 0.6 is 11.6 Å². The van der Waals surface area contributed by atoms with E-state index in [0.29, 0.717) is 6.07 Å². The van der Waals surface area contributed by atoms with Gasteiger partial charge in [-0.2, -0.15) is 26.3 Å². The first-order valence-corrected chi connectivity index (χ1v) is 17.8. The van der Waals surface area contributed by atoms with E-state index < -0.39 is 67.8 Å². The maximum atomic E-state index is 12.9. The Kier molecular flexibility index (Phi) is 13.7. The fourth-order valence-electron chi connectivity index (χ4n) is 5.16. The van der Waals surface area contributed by atoms with Crippen molar-refractivity contribution in [1.29, 1.82) is 0 Å². The van der Waals surface area contributed by atoms with Gasteiger partial charge in [0, 0.05) is 0 Å². The van der Waals surface area contributed by atoms with Crippen molar-refractivity contribution in [2.24, 2.45) is 0 Å². The number of carbonyl (C=O) groups excluding carboxylic acids is 2. The molecule has 0 atom stereocenters. The summed E-state index contributed by atoms with van der Waals surface area (Å²) in [5.41, 5.74) is -4.96. The topological polar surface area (TPSA) is 108 Å². The predicted molar refractivity (Wildman–Crippen MR) is 198 cm³/mol. The van der Waals surface area contributed by atoms with Crippen LogP contribution in [0.25, 0.3) is 0 Å². The fourth-order valence-corrected chi connectivity index (χ4v) is 5.36. The van der Waals surface area contributed by atoms with Gasteiger partial charge < -0.3 is 37.4 Å². The third-order valence-electron chi connectivity index (χ3n) is 10.8. The molecule has 56 heavy (non-hydrogen) atoms. The van der Waals surface area contributed by atoms with Crippen LogP contribution in [0.5, 0.6) is 0 Å². The summed E-state index contributed by atoms with van der Waals surface area (Å²) in [4.78, 5) is 22.9. The third kappa shape index (κ3) is 10.3. The molecule has 0 spiro atoms. The first kappa shape index (κ1) is 47.6. The SMILES string of the molecule is CC1(C)OB(B2OC(C)(C)C(C)(C)O2)OC1(C)C.COC(=O)c1cc(C(F)(F)F)ccc1B1OC(C)(C)C(C)(C)O1.COC(=O)c1cc(C(F)(F)F)ccc1Cl. The lowest BCUT2D eigenvalue weighted by Gasteiger charge is -2.32. The van der Waals surface area contributed by atoms with Crippen molar-refractivity contribution in [2.45, 2.75) is 129 Å². The second kappa shape index (κ2) is 16.1. The summed E-state index contributed by atoms with van der Waals surface area (Å²) >= 11 is 5.55. The van der Waals surface area contributed by atoms with Crippen molar-refractivity contribution in [2.75, 3.05) is 14.2 Å². The minimum atomic E-state index is -4.56. The molecule has 10 nitrogen and oxygen atoms in total. The van der Waals surface area contributed by atoms with Crippen LogP contribution < -0.4 is 5.46 Å². The summed E-state index contributed by atoms with van der Waals surface area (Å²) < 4.78 is 120. The van der Waals surface area contributed by atoms with E-state index in [1.807, 2.05) is 83.1 Å². The first-order valence-electron chi connectivity index (χ1n) is 17.4. The van der Waals surface area contributed by atoms with E-state index in [0.717, 1.165) is 38.5 Å². The van der Waals surface area contributed by atoms with E-state index in [-0.39, 0.29) is 44.0 Å². The Labute approximate surface area is 329 Å². The molecule has 0 amide bonds. The van der Waals surface area contributed by atoms with E-state index in [1.54, 1.807) is 0 Å².